The molecule has 0 saturated carbocycles. The van der Waals surface area contributed by atoms with E-state index in [0.717, 1.165) is 50.9 Å². The second kappa shape index (κ2) is 10.2. The van der Waals surface area contributed by atoms with Crippen LogP contribution in [-0.2, 0) is 0 Å². The predicted octanol–water partition coefficient (Wildman–Crippen LogP) is 7.55. The van der Waals surface area contributed by atoms with E-state index in [1.165, 1.54) is 22.5 Å². The molecular weight excluding hydrogens is 587 g/mol. The van der Waals surface area contributed by atoms with Crippen LogP contribution in [-0.4, -0.2) is 4.57 Å². The average Bonchev–Trinajstić information content (AvgIpc) is 3.21. The quantitative estimate of drug-likeness (QED) is 0.237. The Balaban J connectivity index is 1.57. The standard InChI is InChI=1S/C30H21BrCl2N2OS/c31-22-10-4-19(5-11-22)17-26-29(36)35-28(20-8-14-24(33)15-9-20)25-3-1-2-21(27(25)34-30(35)37-26)16-18-6-12-23(32)13-7-18/h4-17,28H,1-3H2/b21-16+,26-17+/t28-/m0/s1. The number of fused-ring (bicyclic) bond motifs is 1. The first-order valence-electron chi connectivity index (χ1n) is 12.0. The number of hydrogen-bond acceptors (Lipinski definition) is 3. The topological polar surface area (TPSA) is 34.4 Å². The lowest BCUT2D eigenvalue weighted by Gasteiger charge is -2.31. The number of halogens is 3. The fraction of sp³-hybridized carbons (Fsp3) is 0.133. The molecule has 0 unspecified atom stereocenters. The summed E-state index contributed by atoms with van der Waals surface area (Å²) in [4.78, 5) is 19.6. The number of hydrogen-bond donors (Lipinski definition) is 0. The van der Waals surface area contributed by atoms with E-state index in [9.17, 15) is 4.79 Å². The minimum atomic E-state index is -0.218. The first-order chi connectivity index (χ1) is 18.0. The lowest BCUT2D eigenvalue weighted by Crippen LogP contribution is -2.39. The third-order valence-electron chi connectivity index (χ3n) is 6.70. The molecule has 2 aliphatic rings. The second-order valence-electron chi connectivity index (χ2n) is 9.13. The van der Waals surface area contributed by atoms with E-state index in [4.69, 9.17) is 28.2 Å². The van der Waals surface area contributed by atoms with Crippen LogP contribution in [0.4, 0.5) is 0 Å². The molecule has 0 fully saturated rings. The average molecular weight is 608 g/mol. The molecule has 3 nitrogen and oxygen atoms in total. The Morgan fingerprint density at radius 1 is 0.865 bits per heavy atom. The van der Waals surface area contributed by atoms with Crippen molar-refractivity contribution in [1.29, 1.82) is 0 Å². The van der Waals surface area contributed by atoms with Gasteiger partial charge in [0.2, 0.25) is 0 Å². The van der Waals surface area contributed by atoms with E-state index in [-0.39, 0.29) is 11.6 Å². The number of allylic oxidation sites excluding steroid dienone is 2. The molecule has 37 heavy (non-hydrogen) atoms. The molecule has 7 heteroatoms. The Hall–Kier alpha value is -2.70. The number of aromatic nitrogens is 1. The molecule has 184 valence electrons. The molecule has 0 spiro atoms. The zero-order valence-electron chi connectivity index (χ0n) is 19.6. The van der Waals surface area contributed by atoms with Crippen molar-refractivity contribution in [1.82, 2.24) is 4.57 Å². The van der Waals surface area contributed by atoms with Crippen molar-refractivity contribution in [3.8, 4) is 0 Å². The highest BCUT2D eigenvalue weighted by atomic mass is 79.9. The van der Waals surface area contributed by atoms with Crippen LogP contribution in [0.5, 0.6) is 0 Å². The maximum atomic E-state index is 13.8. The van der Waals surface area contributed by atoms with Crippen molar-refractivity contribution in [2.45, 2.75) is 25.3 Å². The van der Waals surface area contributed by atoms with Crippen LogP contribution in [0.1, 0.15) is 42.0 Å². The fourth-order valence-corrected chi connectivity index (χ4v) is 6.49. The summed E-state index contributed by atoms with van der Waals surface area (Å²) in [7, 11) is 0. The van der Waals surface area contributed by atoms with Crippen LogP contribution >= 0.6 is 50.5 Å². The van der Waals surface area contributed by atoms with Crippen LogP contribution in [0.2, 0.25) is 10.0 Å². The highest BCUT2D eigenvalue weighted by Crippen LogP contribution is 2.41. The van der Waals surface area contributed by atoms with E-state index in [0.29, 0.717) is 14.6 Å². The van der Waals surface area contributed by atoms with Crippen LogP contribution in [0.15, 0.2) is 104 Å². The van der Waals surface area contributed by atoms with Gasteiger partial charge >= 0.3 is 0 Å². The van der Waals surface area contributed by atoms with E-state index < -0.39 is 0 Å². The van der Waals surface area contributed by atoms with E-state index in [2.05, 4.69) is 22.0 Å². The van der Waals surface area contributed by atoms with E-state index >= 15 is 0 Å². The molecule has 6 rings (SSSR count). The zero-order chi connectivity index (χ0) is 25.5. The molecule has 0 bridgehead atoms. The van der Waals surface area contributed by atoms with Crippen molar-refractivity contribution < 1.29 is 0 Å². The Labute approximate surface area is 236 Å². The monoisotopic (exact) mass is 606 g/mol. The molecular formula is C30H21BrCl2N2OS. The molecule has 1 aliphatic carbocycles. The smallest absolute Gasteiger partial charge is 0.271 e. The Kier molecular flexibility index (Phi) is 6.80. The summed E-state index contributed by atoms with van der Waals surface area (Å²) >= 11 is 17.3. The Morgan fingerprint density at radius 2 is 1.49 bits per heavy atom. The van der Waals surface area contributed by atoms with Gasteiger partial charge in [-0.2, -0.15) is 0 Å². The number of thiazole rings is 1. The normalized spacial score (nSPS) is 18.5. The summed E-state index contributed by atoms with van der Waals surface area (Å²) in [6.45, 7) is 0. The van der Waals surface area contributed by atoms with Gasteiger partial charge < -0.3 is 0 Å². The highest BCUT2D eigenvalue weighted by molar-refractivity contribution is 9.10. The van der Waals surface area contributed by atoms with E-state index in [1.54, 1.807) is 0 Å². The minimum absolute atomic E-state index is 0.0213. The molecule has 0 N–H and O–H groups in total. The number of rotatable bonds is 3. The summed E-state index contributed by atoms with van der Waals surface area (Å²) in [5, 5.41) is 1.39. The van der Waals surface area contributed by atoms with Crippen molar-refractivity contribution in [2.24, 2.45) is 4.99 Å². The third kappa shape index (κ3) is 4.94. The van der Waals surface area contributed by atoms with Crippen LogP contribution in [0.3, 0.4) is 0 Å². The fourth-order valence-electron chi connectivity index (χ4n) is 4.97. The van der Waals surface area contributed by atoms with Crippen LogP contribution < -0.4 is 14.9 Å². The van der Waals surface area contributed by atoms with Crippen molar-refractivity contribution in [3.63, 3.8) is 0 Å². The van der Waals surface area contributed by atoms with Gasteiger partial charge in [0.05, 0.1) is 16.3 Å². The highest BCUT2D eigenvalue weighted by Gasteiger charge is 2.32. The molecule has 4 aromatic rings. The predicted molar refractivity (Wildman–Crippen MR) is 157 cm³/mol. The molecule has 1 aliphatic heterocycles. The maximum Gasteiger partial charge on any atom is 0.271 e. The summed E-state index contributed by atoms with van der Waals surface area (Å²) in [5.41, 5.74) is 6.44. The van der Waals surface area contributed by atoms with Gasteiger partial charge in [-0.05, 0) is 95.6 Å². The van der Waals surface area contributed by atoms with Crippen molar-refractivity contribution >= 4 is 62.6 Å². The van der Waals surface area contributed by atoms with Gasteiger partial charge in [0, 0.05) is 14.5 Å². The van der Waals surface area contributed by atoms with Gasteiger partial charge in [-0.25, -0.2) is 4.99 Å². The number of nitrogens with zero attached hydrogens (tertiary/aromatic N) is 2. The first kappa shape index (κ1) is 24.6. The molecule has 1 aromatic heterocycles. The lowest BCUT2D eigenvalue weighted by molar-refractivity contribution is 0.553. The van der Waals surface area contributed by atoms with Crippen molar-refractivity contribution in [2.75, 3.05) is 0 Å². The largest absolute Gasteiger partial charge is 0.272 e. The van der Waals surface area contributed by atoms with Gasteiger partial charge in [-0.3, -0.25) is 9.36 Å². The van der Waals surface area contributed by atoms with Gasteiger partial charge in [0.1, 0.15) is 0 Å². The molecule has 0 radical (unpaired) electrons. The molecule has 3 aromatic carbocycles. The van der Waals surface area contributed by atoms with E-state index in [1.807, 2.05) is 83.4 Å². The summed E-state index contributed by atoms with van der Waals surface area (Å²) in [6, 6.07) is 23.4. The molecule has 0 amide bonds. The van der Waals surface area contributed by atoms with Crippen molar-refractivity contribution in [3.05, 3.63) is 141 Å². The van der Waals surface area contributed by atoms with Gasteiger partial charge in [-0.15, -0.1) is 0 Å². The maximum absolute atomic E-state index is 13.8. The van der Waals surface area contributed by atoms with Crippen LogP contribution in [0.25, 0.3) is 12.2 Å². The number of benzene rings is 3. The summed E-state index contributed by atoms with van der Waals surface area (Å²) in [6.07, 6.45) is 6.97. The lowest BCUT2D eigenvalue weighted by atomic mass is 9.84. The Morgan fingerprint density at radius 3 is 2.19 bits per heavy atom. The third-order valence-corrected chi connectivity index (χ3v) is 8.71. The first-order valence-corrected chi connectivity index (χ1v) is 14.4. The Bertz CT molecular complexity index is 1730. The molecule has 2 heterocycles. The second-order valence-corrected chi connectivity index (χ2v) is 11.9. The van der Waals surface area contributed by atoms with Gasteiger partial charge in [0.15, 0.2) is 4.80 Å². The van der Waals surface area contributed by atoms with Crippen LogP contribution in [0, 0.1) is 0 Å². The zero-order valence-corrected chi connectivity index (χ0v) is 23.5. The molecule has 0 saturated heterocycles. The summed E-state index contributed by atoms with van der Waals surface area (Å²) in [5.74, 6) is 0. The SMILES string of the molecule is O=c1/c(=C\c2ccc(Br)cc2)sc2n1[C@@H](c1ccc(Cl)cc1)C1=C(N=2)/C(=C/c2ccc(Cl)cc2)CCC1. The summed E-state index contributed by atoms with van der Waals surface area (Å²) < 4.78 is 3.53. The molecule has 1 atom stereocenters. The van der Waals surface area contributed by atoms with Gasteiger partial charge in [-0.1, -0.05) is 86.9 Å². The van der Waals surface area contributed by atoms with Gasteiger partial charge in [0.25, 0.3) is 5.56 Å². The minimum Gasteiger partial charge on any atom is -0.272 e.